The first kappa shape index (κ1) is 17.7. The summed E-state index contributed by atoms with van der Waals surface area (Å²) in [5.74, 6) is 1.66. The van der Waals surface area contributed by atoms with E-state index >= 15 is 0 Å². The van der Waals surface area contributed by atoms with E-state index in [2.05, 4.69) is 31.2 Å². The van der Waals surface area contributed by atoms with E-state index in [1.807, 2.05) is 36.5 Å². The average molecular weight is 364 g/mol. The van der Waals surface area contributed by atoms with Gasteiger partial charge in [-0.3, -0.25) is 4.90 Å². The molecule has 0 spiro atoms. The van der Waals surface area contributed by atoms with Crippen molar-refractivity contribution >= 4 is 11.8 Å². The number of likely N-dealkylation sites (tertiary alicyclic amines) is 1. The van der Waals surface area contributed by atoms with Gasteiger partial charge in [0, 0.05) is 45.0 Å². The zero-order valence-corrected chi connectivity index (χ0v) is 15.3. The third-order valence-electron chi connectivity index (χ3n) is 5.05. The monoisotopic (exact) mass is 364 g/mol. The second kappa shape index (κ2) is 8.33. The molecule has 2 aromatic rings. The largest absolute Gasteiger partial charge is 0.378 e. The fourth-order valence-electron chi connectivity index (χ4n) is 3.59. The Bertz CT molecular complexity index is 797. The number of benzene rings is 1. The fourth-order valence-corrected chi connectivity index (χ4v) is 3.59. The Morgan fingerprint density at radius 1 is 1.15 bits per heavy atom. The van der Waals surface area contributed by atoms with Gasteiger partial charge in [0.25, 0.3) is 0 Å². The molecule has 1 aromatic heterocycles. The first-order valence-corrected chi connectivity index (χ1v) is 9.44. The minimum atomic E-state index is 0.385. The molecule has 27 heavy (non-hydrogen) atoms. The quantitative estimate of drug-likeness (QED) is 0.868. The number of anilines is 2. The molecule has 2 saturated heterocycles. The van der Waals surface area contributed by atoms with Crippen molar-refractivity contribution in [2.45, 2.75) is 19.0 Å². The zero-order valence-electron chi connectivity index (χ0n) is 15.3. The molecule has 7 nitrogen and oxygen atoms in total. The van der Waals surface area contributed by atoms with Crippen LogP contribution in [0.2, 0.25) is 0 Å². The number of nitriles is 1. The lowest BCUT2D eigenvalue weighted by Gasteiger charge is -2.27. The molecule has 0 saturated carbocycles. The van der Waals surface area contributed by atoms with Crippen LogP contribution < -0.4 is 10.2 Å². The Morgan fingerprint density at radius 2 is 1.96 bits per heavy atom. The highest BCUT2D eigenvalue weighted by Crippen LogP contribution is 2.19. The highest BCUT2D eigenvalue weighted by atomic mass is 16.5. The van der Waals surface area contributed by atoms with Gasteiger partial charge in [0.05, 0.1) is 24.8 Å². The Labute approximate surface area is 159 Å². The molecule has 2 aliphatic rings. The number of hydrogen-bond donors (Lipinski definition) is 1. The number of nitrogens with zero attached hydrogens (tertiary/aromatic N) is 5. The van der Waals surface area contributed by atoms with Gasteiger partial charge >= 0.3 is 0 Å². The lowest BCUT2D eigenvalue weighted by molar-refractivity contribution is 0.122. The number of hydrogen-bond acceptors (Lipinski definition) is 7. The van der Waals surface area contributed by atoms with E-state index < -0.39 is 0 Å². The van der Waals surface area contributed by atoms with E-state index in [-0.39, 0.29) is 0 Å². The number of nitrogens with one attached hydrogen (secondary N) is 1. The Hall–Kier alpha value is -2.69. The molecule has 1 unspecified atom stereocenters. The SMILES string of the molecule is N#Cc1ccc(CN2CCC(Nc3ccnc(N4CCOCC4)n3)C2)cc1. The number of morpholine rings is 1. The van der Waals surface area contributed by atoms with Crippen LogP contribution >= 0.6 is 0 Å². The van der Waals surface area contributed by atoms with Crippen molar-refractivity contribution in [2.75, 3.05) is 49.6 Å². The van der Waals surface area contributed by atoms with E-state index in [0.29, 0.717) is 11.6 Å². The van der Waals surface area contributed by atoms with Crippen molar-refractivity contribution in [1.29, 1.82) is 5.26 Å². The zero-order chi connectivity index (χ0) is 18.5. The smallest absolute Gasteiger partial charge is 0.227 e. The van der Waals surface area contributed by atoms with E-state index in [1.165, 1.54) is 5.56 Å². The van der Waals surface area contributed by atoms with Crippen molar-refractivity contribution in [3.05, 3.63) is 47.7 Å². The lowest BCUT2D eigenvalue weighted by Crippen LogP contribution is -2.37. The summed E-state index contributed by atoms with van der Waals surface area (Å²) >= 11 is 0. The Balaban J connectivity index is 1.32. The molecule has 2 fully saturated rings. The summed E-state index contributed by atoms with van der Waals surface area (Å²) in [6, 6.07) is 12.3. The maximum absolute atomic E-state index is 8.90. The molecular formula is C20H24N6O. The Morgan fingerprint density at radius 3 is 2.74 bits per heavy atom. The van der Waals surface area contributed by atoms with Gasteiger partial charge in [-0.1, -0.05) is 12.1 Å². The van der Waals surface area contributed by atoms with Gasteiger partial charge in [-0.05, 0) is 30.2 Å². The van der Waals surface area contributed by atoms with Gasteiger partial charge in [-0.2, -0.15) is 10.2 Å². The van der Waals surface area contributed by atoms with Crippen molar-refractivity contribution in [3.8, 4) is 6.07 Å². The maximum atomic E-state index is 8.90. The van der Waals surface area contributed by atoms with Crippen LogP contribution in [0.15, 0.2) is 36.5 Å². The molecule has 1 N–H and O–H groups in total. The normalized spacial score (nSPS) is 20.4. The molecule has 0 bridgehead atoms. The van der Waals surface area contributed by atoms with Crippen LogP contribution in [0.4, 0.5) is 11.8 Å². The summed E-state index contributed by atoms with van der Waals surface area (Å²) in [7, 11) is 0. The van der Waals surface area contributed by atoms with Crippen LogP contribution in [0.1, 0.15) is 17.5 Å². The number of ether oxygens (including phenoxy) is 1. The van der Waals surface area contributed by atoms with Crippen molar-refractivity contribution in [1.82, 2.24) is 14.9 Å². The molecule has 1 atom stereocenters. The van der Waals surface area contributed by atoms with Gasteiger partial charge in [0.2, 0.25) is 5.95 Å². The van der Waals surface area contributed by atoms with Gasteiger partial charge in [0.15, 0.2) is 0 Å². The summed E-state index contributed by atoms with van der Waals surface area (Å²) in [5.41, 5.74) is 1.95. The van der Waals surface area contributed by atoms with Crippen molar-refractivity contribution < 1.29 is 4.74 Å². The molecule has 0 radical (unpaired) electrons. The minimum Gasteiger partial charge on any atom is -0.378 e. The Kier molecular flexibility index (Phi) is 5.47. The van der Waals surface area contributed by atoms with E-state index in [4.69, 9.17) is 10.00 Å². The second-order valence-corrected chi connectivity index (χ2v) is 7.02. The molecule has 1 aromatic carbocycles. The van der Waals surface area contributed by atoms with E-state index in [9.17, 15) is 0 Å². The predicted octanol–water partition coefficient (Wildman–Crippen LogP) is 1.87. The van der Waals surface area contributed by atoms with Crippen LogP contribution in [0.5, 0.6) is 0 Å². The molecule has 7 heteroatoms. The van der Waals surface area contributed by atoms with Gasteiger partial charge in [-0.25, -0.2) is 4.98 Å². The predicted molar refractivity (Wildman–Crippen MR) is 104 cm³/mol. The standard InChI is InChI=1S/C20H24N6O/c21-13-16-1-3-17(4-2-16)14-25-8-6-18(15-25)23-19-5-7-22-20(24-19)26-9-11-27-12-10-26/h1-5,7,18H,6,8-12,14-15H2,(H,22,23,24). The summed E-state index contributed by atoms with van der Waals surface area (Å²) in [6.07, 6.45) is 2.91. The first-order chi connectivity index (χ1) is 13.3. The molecule has 140 valence electrons. The molecule has 4 rings (SSSR count). The second-order valence-electron chi connectivity index (χ2n) is 7.02. The van der Waals surface area contributed by atoms with Crippen LogP contribution in [0.25, 0.3) is 0 Å². The topological polar surface area (TPSA) is 77.3 Å². The summed E-state index contributed by atoms with van der Waals surface area (Å²) < 4.78 is 5.40. The molecule has 2 aliphatic heterocycles. The van der Waals surface area contributed by atoms with E-state index in [1.54, 1.807) is 0 Å². The third kappa shape index (κ3) is 4.54. The van der Waals surface area contributed by atoms with Crippen molar-refractivity contribution in [2.24, 2.45) is 0 Å². The lowest BCUT2D eigenvalue weighted by atomic mass is 10.1. The van der Waals surface area contributed by atoms with Gasteiger partial charge < -0.3 is 15.0 Å². The van der Waals surface area contributed by atoms with Crippen molar-refractivity contribution in [3.63, 3.8) is 0 Å². The summed E-state index contributed by atoms with van der Waals surface area (Å²) in [6.45, 7) is 6.08. The molecule has 0 aliphatic carbocycles. The summed E-state index contributed by atoms with van der Waals surface area (Å²) in [4.78, 5) is 13.7. The van der Waals surface area contributed by atoms with E-state index in [0.717, 1.165) is 64.1 Å². The van der Waals surface area contributed by atoms with Crippen LogP contribution in [-0.2, 0) is 11.3 Å². The highest BCUT2D eigenvalue weighted by molar-refractivity contribution is 5.42. The molecular weight excluding hydrogens is 340 g/mol. The highest BCUT2D eigenvalue weighted by Gasteiger charge is 2.23. The average Bonchev–Trinajstić information content (AvgIpc) is 3.16. The van der Waals surface area contributed by atoms with Crippen LogP contribution in [-0.4, -0.2) is 60.3 Å². The minimum absolute atomic E-state index is 0.385. The van der Waals surface area contributed by atoms with Crippen LogP contribution in [0.3, 0.4) is 0 Å². The third-order valence-corrected chi connectivity index (χ3v) is 5.05. The fraction of sp³-hybridized carbons (Fsp3) is 0.450. The number of rotatable bonds is 5. The van der Waals surface area contributed by atoms with Gasteiger partial charge in [-0.15, -0.1) is 0 Å². The van der Waals surface area contributed by atoms with Gasteiger partial charge in [0.1, 0.15) is 5.82 Å². The molecule has 0 amide bonds. The maximum Gasteiger partial charge on any atom is 0.227 e. The van der Waals surface area contributed by atoms with Crippen LogP contribution in [0, 0.1) is 11.3 Å². The number of aromatic nitrogens is 2. The molecule has 3 heterocycles. The summed E-state index contributed by atoms with van der Waals surface area (Å²) in [5, 5.41) is 12.5. The first-order valence-electron chi connectivity index (χ1n) is 9.44.